The molecule has 0 unspecified atom stereocenters. The maximum absolute atomic E-state index is 13.7. The van der Waals surface area contributed by atoms with Crippen molar-refractivity contribution in [1.29, 1.82) is 0 Å². The Morgan fingerprint density at radius 2 is 2.05 bits per heavy atom. The SMILES string of the molecule is CNC/N=C(\C=C\C(C)(C)F)c1cc(C(C)C)ccc1C. The molecule has 0 saturated carbocycles. The average molecular weight is 290 g/mol. The fraction of sp³-hybridized carbons (Fsp3) is 0.500. The molecule has 0 bridgehead atoms. The first-order chi connectivity index (χ1) is 9.74. The summed E-state index contributed by atoms with van der Waals surface area (Å²) in [6, 6.07) is 6.40. The van der Waals surface area contributed by atoms with Gasteiger partial charge in [0.1, 0.15) is 5.67 Å². The number of nitrogens with one attached hydrogen (secondary N) is 1. The van der Waals surface area contributed by atoms with E-state index >= 15 is 0 Å². The van der Waals surface area contributed by atoms with E-state index in [1.165, 1.54) is 19.4 Å². The molecule has 3 heteroatoms. The summed E-state index contributed by atoms with van der Waals surface area (Å²) in [5.74, 6) is 0.455. The van der Waals surface area contributed by atoms with E-state index in [4.69, 9.17) is 0 Å². The normalized spacial score (nSPS) is 13.4. The van der Waals surface area contributed by atoms with Crippen LogP contribution in [0.2, 0.25) is 0 Å². The number of aliphatic imine (C=N–C) groups is 1. The van der Waals surface area contributed by atoms with Gasteiger partial charge in [-0.05, 0) is 63.1 Å². The summed E-state index contributed by atoms with van der Waals surface area (Å²) in [7, 11) is 1.85. The lowest BCUT2D eigenvalue weighted by molar-refractivity contribution is 0.287. The first-order valence-electron chi connectivity index (χ1n) is 7.42. The molecule has 0 aliphatic rings. The number of rotatable bonds is 6. The van der Waals surface area contributed by atoms with Gasteiger partial charge in [0.05, 0.1) is 12.4 Å². The van der Waals surface area contributed by atoms with E-state index in [1.54, 1.807) is 12.2 Å². The Labute approximate surface area is 128 Å². The van der Waals surface area contributed by atoms with Crippen molar-refractivity contribution >= 4 is 5.71 Å². The van der Waals surface area contributed by atoms with E-state index in [-0.39, 0.29) is 0 Å². The van der Waals surface area contributed by atoms with Gasteiger partial charge in [-0.15, -0.1) is 0 Å². The highest BCUT2D eigenvalue weighted by Gasteiger charge is 2.12. The van der Waals surface area contributed by atoms with Crippen molar-refractivity contribution in [3.8, 4) is 0 Å². The van der Waals surface area contributed by atoms with Gasteiger partial charge in [-0.3, -0.25) is 4.99 Å². The Hall–Kier alpha value is -1.48. The quantitative estimate of drug-likeness (QED) is 0.772. The number of hydrogen-bond acceptors (Lipinski definition) is 2. The molecule has 0 aliphatic heterocycles. The summed E-state index contributed by atoms with van der Waals surface area (Å²) < 4.78 is 13.7. The van der Waals surface area contributed by atoms with Crippen LogP contribution in [-0.2, 0) is 0 Å². The predicted octanol–water partition coefficient (Wildman–Crippen LogP) is 4.39. The van der Waals surface area contributed by atoms with Crippen molar-refractivity contribution < 1.29 is 4.39 Å². The van der Waals surface area contributed by atoms with Crippen molar-refractivity contribution in [3.63, 3.8) is 0 Å². The summed E-state index contributed by atoms with van der Waals surface area (Å²) >= 11 is 0. The molecule has 0 aromatic heterocycles. The number of benzene rings is 1. The van der Waals surface area contributed by atoms with Gasteiger partial charge < -0.3 is 5.32 Å². The van der Waals surface area contributed by atoms with Crippen LogP contribution in [0, 0.1) is 6.92 Å². The molecule has 1 aromatic carbocycles. The fourth-order valence-corrected chi connectivity index (χ4v) is 1.94. The van der Waals surface area contributed by atoms with Crippen LogP contribution in [-0.4, -0.2) is 25.1 Å². The van der Waals surface area contributed by atoms with E-state index in [0.717, 1.165) is 16.8 Å². The van der Waals surface area contributed by atoms with E-state index in [2.05, 4.69) is 49.3 Å². The number of aryl methyl sites for hydroxylation is 1. The third kappa shape index (κ3) is 5.80. The van der Waals surface area contributed by atoms with Gasteiger partial charge in [0.25, 0.3) is 0 Å². The third-order valence-corrected chi connectivity index (χ3v) is 3.25. The van der Waals surface area contributed by atoms with E-state index < -0.39 is 5.67 Å². The highest BCUT2D eigenvalue weighted by molar-refractivity contribution is 6.09. The molecule has 0 atom stereocenters. The number of allylic oxidation sites excluding steroid dienone is 2. The summed E-state index contributed by atoms with van der Waals surface area (Å²) in [5, 5.41) is 3.01. The molecular formula is C18H27FN2. The number of nitrogens with zero attached hydrogens (tertiary/aromatic N) is 1. The molecule has 0 spiro atoms. The van der Waals surface area contributed by atoms with Crippen LogP contribution in [0.3, 0.4) is 0 Å². The maximum Gasteiger partial charge on any atom is 0.124 e. The second-order valence-corrected chi connectivity index (χ2v) is 6.18. The monoisotopic (exact) mass is 290 g/mol. The van der Waals surface area contributed by atoms with E-state index in [1.807, 2.05) is 7.05 Å². The number of halogens is 1. The molecular weight excluding hydrogens is 263 g/mol. The predicted molar refractivity (Wildman–Crippen MR) is 90.1 cm³/mol. The minimum atomic E-state index is -1.34. The third-order valence-electron chi connectivity index (χ3n) is 3.25. The number of hydrogen-bond donors (Lipinski definition) is 1. The first kappa shape index (κ1) is 17.6. The number of alkyl halides is 1. The minimum absolute atomic E-state index is 0.455. The lowest BCUT2D eigenvalue weighted by Gasteiger charge is -2.13. The Morgan fingerprint density at radius 1 is 1.38 bits per heavy atom. The highest BCUT2D eigenvalue weighted by atomic mass is 19.1. The van der Waals surface area contributed by atoms with Gasteiger partial charge in [-0.2, -0.15) is 0 Å². The van der Waals surface area contributed by atoms with Crippen LogP contribution in [0.5, 0.6) is 0 Å². The molecule has 116 valence electrons. The van der Waals surface area contributed by atoms with Crippen molar-refractivity contribution in [1.82, 2.24) is 5.32 Å². The van der Waals surface area contributed by atoms with Crippen molar-refractivity contribution in [2.45, 2.75) is 46.2 Å². The van der Waals surface area contributed by atoms with Crippen molar-refractivity contribution in [3.05, 3.63) is 47.0 Å². The minimum Gasteiger partial charge on any atom is -0.301 e. The van der Waals surface area contributed by atoms with Gasteiger partial charge in [-0.25, -0.2) is 4.39 Å². The topological polar surface area (TPSA) is 24.4 Å². The molecule has 0 heterocycles. The van der Waals surface area contributed by atoms with Gasteiger partial charge in [-0.1, -0.05) is 26.0 Å². The largest absolute Gasteiger partial charge is 0.301 e. The molecule has 0 radical (unpaired) electrons. The fourth-order valence-electron chi connectivity index (χ4n) is 1.94. The molecule has 0 aliphatic carbocycles. The van der Waals surface area contributed by atoms with Crippen molar-refractivity contribution in [2.75, 3.05) is 13.7 Å². The van der Waals surface area contributed by atoms with Crippen LogP contribution in [0.4, 0.5) is 4.39 Å². The lowest BCUT2D eigenvalue weighted by Crippen LogP contribution is -2.12. The average Bonchev–Trinajstić information content (AvgIpc) is 2.38. The zero-order chi connectivity index (χ0) is 16.0. The highest BCUT2D eigenvalue weighted by Crippen LogP contribution is 2.20. The second kappa shape index (κ2) is 7.51. The summed E-state index contributed by atoms with van der Waals surface area (Å²) in [4.78, 5) is 4.53. The molecule has 0 amide bonds. The second-order valence-electron chi connectivity index (χ2n) is 6.18. The maximum atomic E-state index is 13.7. The molecule has 1 aromatic rings. The van der Waals surface area contributed by atoms with Crippen molar-refractivity contribution in [2.24, 2.45) is 4.99 Å². The molecule has 21 heavy (non-hydrogen) atoms. The van der Waals surface area contributed by atoms with Gasteiger partial charge in [0, 0.05) is 5.56 Å². The summed E-state index contributed by atoms with van der Waals surface area (Å²) in [6.45, 7) is 9.98. The van der Waals surface area contributed by atoms with E-state index in [0.29, 0.717) is 12.6 Å². The summed E-state index contributed by atoms with van der Waals surface area (Å²) in [6.07, 6.45) is 3.34. The molecule has 0 saturated heterocycles. The smallest absolute Gasteiger partial charge is 0.124 e. The van der Waals surface area contributed by atoms with E-state index in [9.17, 15) is 4.39 Å². The molecule has 1 N–H and O–H groups in total. The van der Waals surface area contributed by atoms with Crippen LogP contribution < -0.4 is 5.32 Å². The Bertz CT molecular complexity index is 523. The zero-order valence-corrected chi connectivity index (χ0v) is 14.0. The molecule has 1 rings (SSSR count). The zero-order valence-electron chi connectivity index (χ0n) is 14.0. The standard InChI is InChI=1S/C18H27FN2/c1-13(2)15-8-7-14(3)16(11-15)17(21-12-20-6)9-10-18(4,5)19/h7-11,13,20H,12H2,1-6H3/b10-9+,21-17+. The van der Waals surface area contributed by atoms with Crippen LogP contribution >= 0.6 is 0 Å². The molecule has 0 fully saturated rings. The molecule has 2 nitrogen and oxygen atoms in total. The van der Waals surface area contributed by atoms with Gasteiger partial charge in [0.15, 0.2) is 0 Å². The van der Waals surface area contributed by atoms with Crippen LogP contribution in [0.1, 0.15) is 50.3 Å². The Morgan fingerprint density at radius 3 is 2.57 bits per heavy atom. The van der Waals surface area contributed by atoms with Crippen LogP contribution in [0.25, 0.3) is 0 Å². The Balaban J connectivity index is 3.26. The lowest BCUT2D eigenvalue weighted by atomic mass is 9.95. The Kier molecular flexibility index (Phi) is 6.28. The van der Waals surface area contributed by atoms with Gasteiger partial charge in [0.2, 0.25) is 0 Å². The first-order valence-corrected chi connectivity index (χ1v) is 7.42. The van der Waals surface area contributed by atoms with Gasteiger partial charge >= 0.3 is 0 Å². The van der Waals surface area contributed by atoms with Crippen LogP contribution in [0.15, 0.2) is 35.3 Å². The summed E-state index contributed by atoms with van der Waals surface area (Å²) in [5.41, 5.74) is 2.95.